The number of halogens is 3. The molecule has 3 rings (SSSR count). The molecule has 2 fully saturated rings. The van der Waals surface area contributed by atoms with Gasteiger partial charge in [0, 0.05) is 18.0 Å². The third-order valence-electron chi connectivity index (χ3n) is 4.14. The molecule has 2 unspecified atom stereocenters. The second-order valence-electron chi connectivity index (χ2n) is 5.18. The van der Waals surface area contributed by atoms with Crippen molar-refractivity contribution in [1.29, 1.82) is 0 Å². The molecule has 1 aromatic rings. The lowest BCUT2D eigenvalue weighted by Gasteiger charge is -2.27. The summed E-state index contributed by atoms with van der Waals surface area (Å²) in [6, 6.07) is 6.34. The van der Waals surface area contributed by atoms with E-state index < -0.39 is 11.7 Å². The third-order valence-corrected chi connectivity index (χ3v) is 4.14. The molecule has 1 aliphatic carbocycles. The second-order valence-corrected chi connectivity index (χ2v) is 5.18. The van der Waals surface area contributed by atoms with Gasteiger partial charge in [0.2, 0.25) is 0 Å². The van der Waals surface area contributed by atoms with E-state index in [0.29, 0.717) is 6.04 Å². The van der Waals surface area contributed by atoms with Gasteiger partial charge in [0.25, 0.3) is 0 Å². The third kappa shape index (κ3) is 1.75. The van der Waals surface area contributed by atoms with Crippen molar-refractivity contribution in [3.63, 3.8) is 0 Å². The van der Waals surface area contributed by atoms with Crippen LogP contribution in [-0.4, -0.2) is 12.6 Å². The first-order valence-corrected chi connectivity index (χ1v) is 5.91. The Morgan fingerprint density at radius 2 is 2.12 bits per heavy atom. The first kappa shape index (κ1) is 11.1. The Morgan fingerprint density at radius 1 is 1.29 bits per heavy atom. The van der Waals surface area contributed by atoms with E-state index in [1.165, 1.54) is 12.1 Å². The number of benzene rings is 1. The maximum atomic E-state index is 12.7. The Labute approximate surface area is 98.0 Å². The van der Waals surface area contributed by atoms with Crippen molar-refractivity contribution in [3.8, 4) is 0 Å². The molecule has 92 valence electrons. The van der Waals surface area contributed by atoms with Crippen molar-refractivity contribution in [3.05, 3.63) is 35.4 Å². The van der Waals surface area contributed by atoms with Crippen LogP contribution in [0.1, 0.15) is 30.4 Å². The molecule has 17 heavy (non-hydrogen) atoms. The average molecular weight is 241 g/mol. The van der Waals surface area contributed by atoms with Gasteiger partial charge in [-0.15, -0.1) is 0 Å². The summed E-state index contributed by atoms with van der Waals surface area (Å²) < 4.78 is 38.0. The highest BCUT2D eigenvalue weighted by Crippen LogP contribution is 2.46. The van der Waals surface area contributed by atoms with Gasteiger partial charge in [-0.25, -0.2) is 0 Å². The van der Waals surface area contributed by atoms with Gasteiger partial charge in [0.15, 0.2) is 0 Å². The molecule has 0 aromatic heterocycles. The van der Waals surface area contributed by atoms with Crippen LogP contribution in [0.4, 0.5) is 13.2 Å². The summed E-state index contributed by atoms with van der Waals surface area (Å²) in [4.78, 5) is 0. The molecule has 0 amide bonds. The van der Waals surface area contributed by atoms with Gasteiger partial charge in [-0.3, -0.25) is 0 Å². The van der Waals surface area contributed by atoms with E-state index in [9.17, 15) is 13.2 Å². The molecule has 2 bridgehead atoms. The molecule has 2 atom stereocenters. The number of alkyl halides is 3. The fourth-order valence-corrected chi connectivity index (χ4v) is 3.19. The van der Waals surface area contributed by atoms with Gasteiger partial charge in [0.1, 0.15) is 0 Å². The highest BCUT2D eigenvalue weighted by Gasteiger charge is 2.46. The Balaban J connectivity index is 1.99. The topological polar surface area (TPSA) is 12.0 Å². The lowest BCUT2D eigenvalue weighted by Crippen LogP contribution is -2.32. The van der Waals surface area contributed by atoms with Crippen molar-refractivity contribution in [1.82, 2.24) is 5.32 Å². The second kappa shape index (κ2) is 3.48. The van der Waals surface area contributed by atoms with Crippen molar-refractivity contribution < 1.29 is 13.2 Å². The summed E-state index contributed by atoms with van der Waals surface area (Å²) in [6.45, 7) is 0.818. The molecule has 4 heteroatoms. The minimum Gasteiger partial charge on any atom is -0.313 e. The smallest absolute Gasteiger partial charge is 0.313 e. The predicted molar refractivity (Wildman–Crippen MR) is 58.8 cm³/mol. The molecule has 1 saturated heterocycles. The Hall–Kier alpha value is -1.03. The minimum atomic E-state index is -4.24. The quantitative estimate of drug-likeness (QED) is 0.796. The van der Waals surface area contributed by atoms with Crippen LogP contribution in [-0.2, 0) is 11.6 Å². The summed E-state index contributed by atoms with van der Waals surface area (Å²) in [5, 5.41) is 3.37. The van der Waals surface area contributed by atoms with Crippen LogP contribution in [0.25, 0.3) is 0 Å². The van der Waals surface area contributed by atoms with Gasteiger partial charge in [-0.05, 0) is 30.9 Å². The summed E-state index contributed by atoms with van der Waals surface area (Å²) >= 11 is 0. The van der Waals surface area contributed by atoms with Crippen LogP contribution < -0.4 is 5.32 Å². The van der Waals surface area contributed by atoms with Crippen molar-refractivity contribution in [2.24, 2.45) is 0 Å². The van der Waals surface area contributed by atoms with E-state index in [1.54, 1.807) is 0 Å². The number of piperidine rings is 1. The van der Waals surface area contributed by atoms with Gasteiger partial charge >= 0.3 is 6.18 Å². The first-order chi connectivity index (χ1) is 8.00. The van der Waals surface area contributed by atoms with Crippen LogP contribution in [0, 0.1) is 0 Å². The SMILES string of the molecule is FC(F)(F)c1cccc(C23CCC(C2)NC3)c1. The molecule has 1 aliphatic heterocycles. The number of fused-ring (bicyclic) bond motifs is 2. The van der Waals surface area contributed by atoms with Gasteiger partial charge in [-0.2, -0.15) is 13.2 Å². The van der Waals surface area contributed by atoms with Crippen LogP contribution in [0.2, 0.25) is 0 Å². The summed E-state index contributed by atoms with van der Waals surface area (Å²) in [6.07, 6.45) is -1.17. The number of nitrogens with one attached hydrogen (secondary N) is 1. The standard InChI is InChI=1S/C13H14F3N/c14-13(15,16)10-3-1-2-9(6-10)12-5-4-11(7-12)17-8-12/h1-3,6,11,17H,4-5,7-8H2. The Morgan fingerprint density at radius 3 is 2.65 bits per heavy atom. The molecule has 1 N–H and O–H groups in total. The summed E-state index contributed by atoms with van der Waals surface area (Å²) in [5.41, 5.74) is 0.269. The lowest BCUT2D eigenvalue weighted by molar-refractivity contribution is -0.137. The molecular weight excluding hydrogens is 227 g/mol. The van der Waals surface area contributed by atoms with E-state index in [2.05, 4.69) is 5.32 Å². The molecule has 0 radical (unpaired) electrons. The zero-order chi connectivity index (χ0) is 12.1. The van der Waals surface area contributed by atoms with E-state index in [0.717, 1.165) is 37.4 Å². The number of hydrogen-bond donors (Lipinski definition) is 1. The predicted octanol–water partition coefficient (Wildman–Crippen LogP) is 3.10. The normalized spacial score (nSPS) is 32.1. The van der Waals surface area contributed by atoms with Gasteiger partial charge in [0.05, 0.1) is 5.56 Å². The maximum absolute atomic E-state index is 12.7. The van der Waals surface area contributed by atoms with E-state index in [1.807, 2.05) is 6.07 Å². The zero-order valence-corrected chi connectivity index (χ0v) is 9.35. The van der Waals surface area contributed by atoms with Crippen molar-refractivity contribution in [2.75, 3.05) is 6.54 Å². The van der Waals surface area contributed by atoms with Crippen LogP contribution >= 0.6 is 0 Å². The molecule has 2 aliphatic rings. The Bertz CT molecular complexity index is 431. The van der Waals surface area contributed by atoms with Crippen LogP contribution in [0.5, 0.6) is 0 Å². The van der Waals surface area contributed by atoms with Gasteiger partial charge < -0.3 is 5.32 Å². The summed E-state index contributed by atoms with van der Waals surface area (Å²) in [5.74, 6) is 0. The van der Waals surface area contributed by atoms with E-state index >= 15 is 0 Å². The van der Waals surface area contributed by atoms with E-state index in [-0.39, 0.29) is 5.41 Å². The van der Waals surface area contributed by atoms with Crippen LogP contribution in [0.15, 0.2) is 24.3 Å². The molecule has 1 saturated carbocycles. The maximum Gasteiger partial charge on any atom is 0.416 e. The molecule has 1 nitrogen and oxygen atoms in total. The molecule has 0 spiro atoms. The first-order valence-electron chi connectivity index (χ1n) is 5.91. The molecule has 1 heterocycles. The average Bonchev–Trinajstić information content (AvgIpc) is 2.89. The van der Waals surface area contributed by atoms with Gasteiger partial charge in [-0.1, -0.05) is 18.2 Å². The monoisotopic (exact) mass is 241 g/mol. The largest absolute Gasteiger partial charge is 0.416 e. The Kier molecular flexibility index (Phi) is 2.27. The molecular formula is C13H14F3N. The lowest BCUT2D eigenvalue weighted by atomic mass is 9.79. The van der Waals surface area contributed by atoms with Crippen LogP contribution in [0.3, 0.4) is 0 Å². The highest BCUT2D eigenvalue weighted by atomic mass is 19.4. The van der Waals surface area contributed by atoms with Crippen molar-refractivity contribution >= 4 is 0 Å². The minimum absolute atomic E-state index is 0.0497. The highest BCUT2D eigenvalue weighted by molar-refractivity contribution is 5.35. The summed E-state index contributed by atoms with van der Waals surface area (Å²) in [7, 11) is 0. The fraction of sp³-hybridized carbons (Fsp3) is 0.538. The molecule has 1 aromatic carbocycles. The van der Waals surface area contributed by atoms with E-state index in [4.69, 9.17) is 0 Å². The van der Waals surface area contributed by atoms with Crippen molar-refractivity contribution in [2.45, 2.75) is 36.9 Å². The fourth-order valence-electron chi connectivity index (χ4n) is 3.19. The number of hydrogen-bond acceptors (Lipinski definition) is 1. The number of rotatable bonds is 1. The zero-order valence-electron chi connectivity index (χ0n) is 9.35.